The predicted octanol–water partition coefficient (Wildman–Crippen LogP) is 2.09. The molecule has 2 aromatic heterocycles. The minimum absolute atomic E-state index is 0.0953. The molecule has 2 radical (unpaired) electrons. The fourth-order valence-corrected chi connectivity index (χ4v) is 2.31. The van der Waals surface area contributed by atoms with E-state index in [2.05, 4.69) is 10.1 Å². The monoisotopic (exact) mass is 277 g/mol. The van der Waals surface area contributed by atoms with Gasteiger partial charge in [0.1, 0.15) is 13.5 Å². The van der Waals surface area contributed by atoms with E-state index in [1.165, 1.54) is 18.5 Å². The summed E-state index contributed by atoms with van der Waals surface area (Å²) >= 11 is 0. The van der Waals surface area contributed by atoms with Gasteiger partial charge in [-0.1, -0.05) is 11.5 Å². The van der Waals surface area contributed by atoms with Crippen LogP contribution in [-0.4, -0.2) is 22.6 Å². The van der Waals surface area contributed by atoms with E-state index in [1.54, 1.807) is 10.9 Å². The molecule has 3 nitrogen and oxygen atoms in total. The van der Waals surface area contributed by atoms with Gasteiger partial charge >= 0.3 is 6.18 Å². The highest BCUT2D eigenvalue weighted by atomic mass is 19.4. The van der Waals surface area contributed by atoms with E-state index in [0.717, 1.165) is 24.5 Å². The molecule has 102 valence electrons. The third kappa shape index (κ3) is 2.57. The van der Waals surface area contributed by atoms with Crippen molar-refractivity contribution in [3.63, 3.8) is 0 Å². The van der Waals surface area contributed by atoms with E-state index in [1.807, 2.05) is 0 Å². The van der Waals surface area contributed by atoms with Crippen molar-refractivity contribution in [3.8, 4) is 0 Å². The lowest BCUT2D eigenvalue weighted by Crippen LogP contribution is -2.15. The van der Waals surface area contributed by atoms with E-state index in [9.17, 15) is 13.2 Å². The standard InChI is InChI=1S/C13H11BF3N3/c14-10-6-19-20(7-10)12(8-1-2-8)9-3-4-11(18-5-9)13(15,16)17/h3-8,12H,1-2H2. The highest BCUT2D eigenvalue weighted by Gasteiger charge is 2.36. The largest absolute Gasteiger partial charge is 0.433 e. The van der Waals surface area contributed by atoms with Gasteiger partial charge in [0.05, 0.1) is 6.04 Å². The number of aromatic nitrogens is 3. The number of pyridine rings is 1. The Balaban J connectivity index is 1.92. The molecule has 2 heterocycles. The highest BCUT2D eigenvalue weighted by molar-refractivity contribution is 6.31. The summed E-state index contributed by atoms with van der Waals surface area (Å²) in [7, 11) is 5.65. The maximum atomic E-state index is 12.5. The van der Waals surface area contributed by atoms with Gasteiger partial charge in [0, 0.05) is 18.6 Å². The first-order valence-corrected chi connectivity index (χ1v) is 6.28. The zero-order valence-electron chi connectivity index (χ0n) is 10.5. The third-order valence-electron chi connectivity index (χ3n) is 3.39. The lowest BCUT2D eigenvalue weighted by atomic mass is 10.0. The van der Waals surface area contributed by atoms with Crippen molar-refractivity contribution in [2.45, 2.75) is 25.1 Å². The Kier molecular flexibility index (Phi) is 3.07. The predicted molar refractivity (Wildman–Crippen MR) is 67.7 cm³/mol. The molecular formula is C13H11BF3N3. The van der Waals surface area contributed by atoms with E-state index in [4.69, 9.17) is 7.85 Å². The van der Waals surface area contributed by atoms with Gasteiger partial charge in [-0.2, -0.15) is 18.3 Å². The fraction of sp³-hybridized carbons (Fsp3) is 0.385. The van der Waals surface area contributed by atoms with Crippen molar-refractivity contribution in [1.29, 1.82) is 0 Å². The van der Waals surface area contributed by atoms with Crippen molar-refractivity contribution < 1.29 is 13.2 Å². The number of alkyl halides is 3. The van der Waals surface area contributed by atoms with Crippen LogP contribution in [0.25, 0.3) is 0 Å². The van der Waals surface area contributed by atoms with E-state index in [-0.39, 0.29) is 6.04 Å². The van der Waals surface area contributed by atoms with Crippen molar-refractivity contribution in [2.24, 2.45) is 5.92 Å². The topological polar surface area (TPSA) is 30.7 Å². The van der Waals surface area contributed by atoms with Gasteiger partial charge in [-0.05, 0) is 30.4 Å². The number of halogens is 3. The second-order valence-corrected chi connectivity index (χ2v) is 5.01. The van der Waals surface area contributed by atoms with Crippen molar-refractivity contribution >= 4 is 13.3 Å². The molecule has 0 saturated heterocycles. The summed E-state index contributed by atoms with van der Waals surface area (Å²) in [4.78, 5) is 3.52. The van der Waals surface area contributed by atoms with Crippen molar-refractivity contribution in [1.82, 2.24) is 14.8 Å². The smallest absolute Gasteiger partial charge is 0.266 e. The van der Waals surface area contributed by atoms with Crippen LogP contribution in [0.1, 0.15) is 30.1 Å². The Labute approximate surface area is 115 Å². The summed E-state index contributed by atoms with van der Waals surface area (Å²) in [5.74, 6) is 0.382. The summed E-state index contributed by atoms with van der Waals surface area (Å²) < 4.78 is 39.3. The molecule has 1 unspecified atom stereocenters. The highest BCUT2D eigenvalue weighted by Crippen LogP contribution is 2.43. The van der Waals surface area contributed by atoms with Crippen LogP contribution in [0.5, 0.6) is 0 Å². The van der Waals surface area contributed by atoms with Gasteiger partial charge in [0.25, 0.3) is 0 Å². The Morgan fingerprint density at radius 1 is 1.25 bits per heavy atom. The Bertz CT molecular complexity index is 602. The average molecular weight is 277 g/mol. The van der Waals surface area contributed by atoms with E-state index >= 15 is 0 Å². The first-order chi connectivity index (χ1) is 9.45. The van der Waals surface area contributed by atoms with Crippen LogP contribution in [0.15, 0.2) is 30.7 Å². The SMILES string of the molecule is [B]c1cnn(C(c2ccc(C(F)(F)F)nc2)C2CC2)c1. The van der Waals surface area contributed by atoms with Crippen LogP contribution >= 0.6 is 0 Å². The Hall–Kier alpha value is -1.79. The van der Waals surface area contributed by atoms with Gasteiger partial charge in [-0.3, -0.25) is 9.67 Å². The van der Waals surface area contributed by atoms with Crippen LogP contribution in [-0.2, 0) is 6.18 Å². The van der Waals surface area contributed by atoms with Crippen LogP contribution in [0.3, 0.4) is 0 Å². The quantitative estimate of drug-likeness (QED) is 0.804. The number of hydrogen-bond donors (Lipinski definition) is 0. The molecule has 0 aromatic carbocycles. The molecule has 7 heteroatoms. The minimum atomic E-state index is -4.41. The van der Waals surface area contributed by atoms with Crippen LogP contribution < -0.4 is 5.46 Å². The number of rotatable bonds is 3. The third-order valence-corrected chi connectivity index (χ3v) is 3.39. The summed E-state index contributed by atoms with van der Waals surface area (Å²) in [5, 5.41) is 4.17. The molecule has 0 aliphatic heterocycles. The molecule has 0 bridgehead atoms. The molecule has 20 heavy (non-hydrogen) atoms. The molecule has 0 amide bonds. The molecular weight excluding hydrogens is 266 g/mol. The van der Waals surface area contributed by atoms with Crippen LogP contribution in [0.2, 0.25) is 0 Å². The van der Waals surface area contributed by atoms with Gasteiger partial charge in [-0.15, -0.1) is 0 Å². The summed E-state index contributed by atoms with van der Waals surface area (Å²) in [6.45, 7) is 0. The molecule has 1 fully saturated rings. The molecule has 0 N–H and O–H groups in total. The van der Waals surface area contributed by atoms with Crippen molar-refractivity contribution in [3.05, 3.63) is 42.0 Å². The van der Waals surface area contributed by atoms with Crippen LogP contribution in [0.4, 0.5) is 13.2 Å². The summed E-state index contributed by atoms with van der Waals surface area (Å²) in [6, 6.07) is 2.39. The van der Waals surface area contributed by atoms with Crippen LogP contribution in [0, 0.1) is 5.92 Å². The second-order valence-electron chi connectivity index (χ2n) is 5.01. The zero-order valence-corrected chi connectivity index (χ0v) is 10.5. The minimum Gasteiger partial charge on any atom is -0.266 e. The first kappa shape index (κ1) is 13.2. The second kappa shape index (κ2) is 4.65. The molecule has 0 spiro atoms. The summed E-state index contributed by atoms with van der Waals surface area (Å²) in [6.07, 6.45) is 2.16. The van der Waals surface area contributed by atoms with Gasteiger partial charge in [-0.25, -0.2) is 0 Å². The zero-order chi connectivity index (χ0) is 14.3. The van der Waals surface area contributed by atoms with Gasteiger partial charge in [0.15, 0.2) is 0 Å². The Morgan fingerprint density at radius 3 is 2.45 bits per heavy atom. The molecule has 1 aliphatic carbocycles. The number of nitrogens with zero attached hydrogens (tertiary/aromatic N) is 3. The van der Waals surface area contributed by atoms with Gasteiger partial charge in [0.2, 0.25) is 0 Å². The first-order valence-electron chi connectivity index (χ1n) is 6.28. The normalized spacial score (nSPS) is 17.1. The molecule has 3 rings (SSSR count). The fourth-order valence-electron chi connectivity index (χ4n) is 2.31. The lowest BCUT2D eigenvalue weighted by molar-refractivity contribution is -0.141. The van der Waals surface area contributed by atoms with Crippen molar-refractivity contribution in [2.75, 3.05) is 0 Å². The summed E-state index contributed by atoms with van der Waals surface area (Å²) in [5.41, 5.74) is 0.384. The van der Waals surface area contributed by atoms with E-state index in [0.29, 0.717) is 11.4 Å². The molecule has 1 saturated carbocycles. The maximum Gasteiger partial charge on any atom is 0.433 e. The molecule has 1 aliphatic rings. The molecule has 1 atom stereocenters. The Morgan fingerprint density at radius 2 is 2.00 bits per heavy atom. The number of hydrogen-bond acceptors (Lipinski definition) is 2. The average Bonchev–Trinajstić information content (AvgIpc) is 3.12. The van der Waals surface area contributed by atoms with Gasteiger partial charge < -0.3 is 0 Å². The molecule has 2 aromatic rings. The maximum absolute atomic E-state index is 12.5. The lowest BCUT2D eigenvalue weighted by Gasteiger charge is -2.18. The van der Waals surface area contributed by atoms with E-state index < -0.39 is 11.9 Å².